The lowest BCUT2D eigenvalue weighted by Gasteiger charge is -1.96. The molecule has 2 rings (SSSR count). The van der Waals surface area contributed by atoms with Crippen molar-refractivity contribution in [2.45, 2.75) is 0 Å². The van der Waals surface area contributed by atoms with E-state index < -0.39 is 0 Å². The Morgan fingerprint density at radius 3 is 3.07 bits per heavy atom. The van der Waals surface area contributed by atoms with Crippen molar-refractivity contribution in [2.24, 2.45) is 0 Å². The van der Waals surface area contributed by atoms with Crippen molar-refractivity contribution in [3.63, 3.8) is 0 Å². The van der Waals surface area contributed by atoms with Crippen LogP contribution < -0.4 is 4.74 Å². The Kier molecular flexibility index (Phi) is 2.49. The van der Waals surface area contributed by atoms with E-state index in [2.05, 4.69) is 9.97 Å². The summed E-state index contributed by atoms with van der Waals surface area (Å²) >= 11 is 0. The third-order valence-electron chi connectivity index (χ3n) is 2.06. The standard InChI is InChI=1S/C11H10N2O2/c1-15-10-6-8-5-9(3-2-4-14)13-11(8)12-7-10/h2-7H,1H3,(H,12,13)/b3-2+. The van der Waals surface area contributed by atoms with Gasteiger partial charge in [0, 0.05) is 11.1 Å². The highest BCUT2D eigenvalue weighted by atomic mass is 16.5. The second kappa shape index (κ2) is 3.96. The van der Waals surface area contributed by atoms with Crippen LogP contribution in [0, 0.1) is 0 Å². The summed E-state index contributed by atoms with van der Waals surface area (Å²) in [4.78, 5) is 17.4. The topological polar surface area (TPSA) is 55.0 Å². The second-order valence-corrected chi connectivity index (χ2v) is 3.03. The van der Waals surface area contributed by atoms with E-state index in [9.17, 15) is 4.79 Å². The Labute approximate surface area is 86.6 Å². The van der Waals surface area contributed by atoms with Crippen LogP contribution in [0.15, 0.2) is 24.4 Å². The number of aromatic amines is 1. The molecule has 2 aromatic rings. The summed E-state index contributed by atoms with van der Waals surface area (Å²) < 4.78 is 5.06. The molecule has 0 aliphatic carbocycles. The maximum atomic E-state index is 10.2. The number of H-pyrrole nitrogens is 1. The first kappa shape index (κ1) is 9.45. The third kappa shape index (κ3) is 1.88. The van der Waals surface area contributed by atoms with Crippen LogP contribution in [-0.4, -0.2) is 23.4 Å². The van der Waals surface area contributed by atoms with Crippen LogP contribution in [0.5, 0.6) is 5.75 Å². The van der Waals surface area contributed by atoms with Crippen LogP contribution in [0.4, 0.5) is 0 Å². The Balaban J connectivity index is 2.46. The van der Waals surface area contributed by atoms with E-state index in [-0.39, 0.29) is 0 Å². The number of rotatable bonds is 3. The van der Waals surface area contributed by atoms with E-state index in [1.54, 1.807) is 19.4 Å². The number of nitrogens with zero attached hydrogens (tertiary/aromatic N) is 1. The van der Waals surface area contributed by atoms with Gasteiger partial charge < -0.3 is 9.72 Å². The molecule has 0 bridgehead atoms. The highest BCUT2D eigenvalue weighted by molar-refractivity contribution is 5.82. The maximum absolute atomic E-state index is 10.2. The molecule has 0 atom stereocenters. The van der Waals surface area contributed by atoms with Gasteiger partial charge in [0.2, 0.25) is 0 Å². The number of carbonyl (C=O) groups excluding carboxylic acids is 1. The van der Waals surface area contributed by atoms with Crippen LogP contribution in [0.3, 0.4) is 0 Å². The van der Waals surface area contributed by atoms with Crippen molar-refractivity contribution in [2.75, 3.05) is 7.11 Å². The predicted octanol–water partition coefficient (Wildman–Crippen LogP) is 1.78. The largest absolute Gasteiger partial charge is 0.495 e. The van der Waals surface area contributed by atoms with E-state index in [1.165, 1.54) is 6.08 Å². The average molecular weight is 202 g/mol. The quantitative estimate of drug-likeness (QED) is 0.609. The smallest absolute Gasteiger partial charge is 0.142 e. The number of aromatic nitrogens is 2. The van der Waals surface area contributed by atoms with Crippen LogP contribution in [-0.2, 0) is 4.79 Å². The van der Waals surface area contributed by atoms with Crippen molar-refractivity contribution in [1.82, 2.24) is 9.97 Å². The van der Waals surface area contributed by atoms with Gasteiger partial charge >= 0.3 is 0 Å². The van der Waals surface area contributed by atoms with Crippen molar-refractivity contribution < 1.29 is 9.53 Å². The molecule has 0 saturated heterocycles. The number of nitrogens with one attached hydrogen (secondary N) is 1. The van der Waals surface area contributed by atoms with E-state index in [1.807, 2.05) is 12.1 Å². The van der Waals surface area contributed by atoms with Gasteiger partial charge in [0.1, 0.15) is 17.7 Å². The van der Waals surface area contributed by atoms with Crippen molar-refractivity contribution in [1.29, 1.82) is 0 Å². The first-order chi connectivity index (χ1) is 7.33. The summed E-state index contributed by atoms with van der Waals surface area (Å²) in [5.74, 6) is 0.715. The molecule has 0 spiro atoms. The molecule has 2 heterocycles. The minimum Gasteiger partial charge on any atom is -0.495 e. The number of carbonyl (C=O) groups is 1. The molecule has 0 aliphatic rings. The van der Waals surface area contributed by atoms with Gasteiger partial charge in [0.15, 0.2) is 0 Å². The monoisotopic (exact) mass is 202 g/mol. The molecule has 2 aromatic heterocycles. The molecule has 0 fully saturated rings. The zero-order chi connectivity index (χ0) is 10.7. The fourth-order valence-electron chi connectivity index (χ4n) is 1.36. The summed E-state index contributed by atoms with van der Waals surface area (Å²) in [7, 11) is 1.60. The van der Waals surface area contributed by atoms with Gasteiger partial charge in [-0.15, -0.1) is 0 Å². The zero-order valence-corrected chi connectivity index (χ0v) is 8.23. The van der Waals surface area contributed by atoms with E-state index in [0.717, 1.165) is 23.0 Å². The number of ether oxygens (including phenoxy) is 1. The molecule has 15 heavy (non-hydrogen) atoms. The molecule has 1 N–H and O–H groups in total. The molecule has 0 amide bonds. The van der Waals surface area contributed by atoms with E-state index in [0.29, 0.717) is 5.75 Å². The zero-order valence-electron chi connectivity index (χ0n) is 8.23. The van der Waals surface area contributed by atoms with Gasteiger partial charge in [-0.05, 0) is 24.3 Å². The van der Waals surface area contributed by atoms with E-state index >= 15 is 0 Å². The Bertz CT molecular complexity index is 514. The Morgan fingerprint density at radius 1 is 1.47 bits per heavy atom. The van der Waals surface area contributed by atoms with Crippen molar-refractivity contribution >= 4 is 23.4 Å². The lowest BCUT2D eigenvalue weighted by atomic mass is 10.3. The molecule has 76 valence electrons. The molecule has 0 aliphatic heterocycles. The van der Waals surface area contributed by atoms with Crippen LogP contribution in [0.25, 0.3) is 17.1 Å². The molecule has 0 saturated carbocycles. The summed E-state index contributed by atoms with van der Waals surface area (Å²) in [6, 6.07) is 3.79. The van der Waals surface area contributed by atoms with Gasteiger partial charge in [-0.3, -0.25) is 4.79 Å². The van der Waals surface area contributed by atoms with Gasteiger partial charge in [0.25, 0.3) is 0 Å². The number of pyridine rings is 1. The number of allylic oxidation sites excluding steroid dienone is 1. The van der Waals surface area contributed by atoms with Crippen LogP contribution in [0.1, 0.15) is 5.69 Å². The fraction of sp³-hybridized carbons (Fsp3) is 0.0909. The second-order valence-electron chi connectivity index (χ2n) is 3.03. The minimum atomic E-state index is 0.715. The summed E-state index contributed by atoms with van der Waals surface area (Å²) in [6.45, 7) is 0. The lowest BCUT2D eigenvalue weighted by Crippen LogP contribution is -1.83. The van der Waals surface area contributed by atoms with Crippen molar-refractivity contribution in [3.8, 4) is 5.75 Å². The lowest BCUT2D eigenvalue weighted by molar-refractivity contribution is -0.104. The Morgan fingerprint density at radius 2 is 2.33 bits per heavy atom. The molecule has 0 unspecified atom stereocenters. The molecular formula is C11H10N2O2. The molecule has 0 radical (unpaired) electrons. The predicted molar refractivity (Wildman–Crippen MR) is 57.7 cm³/mol. The first-order valence-electron chi connectivity index (χ1n) is 4.48. The van der Waals surface area contributed by atoms with E-state index in [4.69, 9.17) is 4.74 Å². The first-order valence-corrected chi connectivity index (χ1v) is 4.48. The maximum Gasteiger partial charge on any atom is 0.142 e. The summed E-state index contributed by atoms with van der Waals surface area (Å²) in [5.41, 5.74) is 1.62. The third-order valence-corrected chi connectivity index (χ3v) is 2.06. The summed E-state index contributed by atoms with van der Waals surface area (Å²) in [6.07, 6.45) is 5.51. The van der Waals surface area contributed by atoms with Gasteiger partial charge in [-0.2, -0.15) is 0 Å². The number of hydrogen-bond donors (Lipinski definition) is 1. The normalized spacial score (nSPS) is 11.0. The fourth-order valence-corrected chi connectivity index (χ4v) is 1.36. The van der Waals surface area contributed by atoms with Gasteiger partial charge in [0.05, 0.1) is 13.3 Å². The number of hydrogen-bond acceptors (Lipinski definition) is 3. The minimum absolute atomic E-state index is 0.715. The van der Waals surface area contributed by atoms with Crippen LogP contribution >= 0.6 is 0 Å². The highest BCUT2D eigenvalue weighted by Crippen LogP contribution is 2.19. The average Bonchev–Trinajstić information content (AvgIpc) is 2.67. The molecular weight excluding hydrogens is 192 g/mol. The van der Waals surface area contributed by atoms with Gasteiger partial charge in [-0.1, -0.05) is 0 Å². The Hall–Kier alpha value is -2.10. The molecule has 0 aromatic carbocycles. The molecule has 4 heteroatoms. The molecule has 4 nitrogen and oxygen atoms in total. The van der Waals surface area contributed by atoms with Crippen LogP contribution in [0.2, 0.25) is 0 Å². The number of aldehydes is 1. The number of fused-ring (bicyclic) bond motifs is 1. The summed E-state index contributed by atoms with van der Waals surface area (Å²) in [5, 5.41) is 0.958. The van der Waals surface area contributed by atoms with Gasteiger partial charge in [-0.25, -0.2) is 4.98 Å². The SMILES string of the molecule is COc1cnc2[nH]c(/C=C/C=O)cc2c1. The number of methoxy groups -OCH3 is 1. The van der Waals surface area contributed by atoms with Crippen molar-refractivity contribution in [3.05, 3.63) is 30.1 Å². The highest BCUT2D eigenvalue weighted by Gasteiger charge is 2.00.